The third-order valence-electron chi connectivity index (χ3n) is 5.90. The van der Waals surface area contributed by atoms with Gasteiger partial charge in [-0.2, -0.15) is 0 Å². The van der Waals surface area contributed by atoms with Crippen LogP contribution in [-0.4, -0.2) is 0 Å². The number of unbranched alkanes of at least 4 members (excludes halogenated alkanes) is 3. The highest BCUT2D eigenvalue weighted by Crippen LogP contribution is 2.39. The first kappa shape index (κ1) is 19.8. The lowest BCUT2D eigenvalue weighted by Gasteiger charge is -2.22. The van der Waals surface area contributed by atoms with E-state index in [0.29, 0.717) is 23.1 Å². The second-order valence-electron chi connectivity index (χ2n) is 7.88. The fraction of sp³-hybridized carbons (Fsp3) is 0.308. The second kappa shape index (κ2) is 8.44. The van der Waals surface area contributed by atoms with Crippen LogP contribution in [-0.2, 0) is 19.3 Å². The molecule has 0 bridgehead atoms. The molecular weight excluding hydrogens is 369 g/mol. The Morgan fingerprint density at radius 3 is 2.31 bits per heavy atom. The maximum absolute atomic E-state index is 15.3. The van der Waals surface area contributed by atoms with Gasteiger partial charge in [0, 0.05) is 5.56 Å². The molecule has 3 aromatic carbocycles. The zero-order valence-corrected chi connectivity index (χ0v) is 16.7. The Kier molecular flexibility index (Phi) is 5.75. The molecule has 3 aromatic rings. The van der Waals surface area contributed by atoms with Crippen molar-refractivity contribution in [3.8, 4) is 22.3 Å². The van der Waals surface area contributed by atoms with Crippen molar-refractivity contribution >= 4 is 0 Å². The van der Waals surface area contributed by atoms with Crippen molar-refractivity contribution in [2.24, 2.45) is 0 Å². The van der Waals surface area contributed by atoms with Crippen LogP contribution in [0, 0.1) is 17.5 Å². The van der Waals surface area contributed by atoms with E-state index >= 15 is 4.39 Å². The van der Waals surface area contributed by atoms with Crippen molar-refractivity contribution in [2.45, 2.75) is 51.9 Å². The number of rotatable bonds is 6. The van der Waals surface area contributed by atoms with Crippen molar-refractivity contribution in [3.05, 3.63) is 82.7 Å². The van der Waals surface area contributed by atoms with Crippen LogP contribution in [0.15, 0.2) is 48.5 Å². The molecule has 0 radical (unpaired) electrons. The molecule has 0 heterocycles. The predicted molar refractivity (Wildman–Crippen MR) is 112 cm³/mol. The van der Waals surface area contributed by atoms with E-state index in [9.17, 15) is 8.78 Å². The molecule has 0 fully saturated rings. The van der Waals surface area contributed by atoms with Crippen LogP contribution in [0.1, 0.15) is 49.3 Å². The Morgan fingerprint density at radius 1 is 0.724 bits per heavy atom. The number of fused-ring (bicyclic) bond motifs is 3. The lowest BCUT2D eigenvalue weighted by atomic mass is 9.82. The first-order valence-corrected chi connectivity index (χ1v) is 10.5. The number of aryl methyl sites for hydroxylation is 2. The molecule has 150 valence electrons. The number of hydrogen-bond acceptors (Lipinski definition) is 0. The average molecular weight is 394 g/mol. The molecule has 1 aliphatic carbocycles. The minimum Gasteiger partial charge on any atom is -0.206 e. The van der Waals surface area contributed by atoms with Crippen LogP contribution in [0.5, 0.6) is 0 Å². The second-order valence-corrected chi connectivity index (χ2v) is 7.88. The first-order chi connectivity index (χ1) is 14.1. The maximum atomic E-state index is 15.3. The highest BCUT2D eigenvalue weighted by atomic mass is 19.2. The summed E-state index contributed by atoms with van der Waals surface area (Å²) in [5.41, 5.74) is 5.95. The van der Waals surface area contributed by atoms with E-state index < -0.39 is 11.6 Å². The van der Waals surface area contributed by atoms with Crippen LogP contribution < -0.4 is 0 Å². The summed E-state index contributed by atoms with van der Waals surface area (Å²) in [6.07, 6.45) is 7.47. The Morgan fingerprint density at radius 2 is 1.52 bits per heavy atom. The van der Waals surface area contributed by atoms with Gasteiger partial charge in [0.2, 0.25) is 0 Å². The summed E-state index contributed by atoms with van der Waals surface area (Å²) in [6, 6.07) is 13.6. The van der Waals surface area contributed by atoms with Gasteiger partial charge >= 0.3 is 0 Å². The Balaban J connectivity index is 1.64. The van der Waals surface area contributed by atoms with Gasteiger partial charge in [-0.1, -0.05) is 62.6 Å². The van der Waals surface area contributed by atoms with E-state index in [0.717, 1.165) is 36.1 Å². The van der Waals surface area contributed by atoms with Gasteiger partial charge in [-0.25, -0.2) is 13.2 Å². The molecule has 0 nitrogen and oxygen atoms in total. The molecule has 0 saturated carbocycles. The molecule has 0 amide bonds. The molecule has 0 unspecified atom stereocenters. The van der Waals surface area contributed by atoms with E-state index in [-0.39, 0.29) is 5.82 Å². The van der Waals surface area contributed by atoms with Gasteiger partial charge < -0.3 is 0 Å². The third kappa shape index (κ3) is 3.96. The summed E-state index contributed by atoms with van der Waals surface area (Å²) in [5, 5.41) is 0. The topological polar surface area (TPSA) is 0 Å². The monoisotopic (exact) mass is 394 g/mol. The van der Waals surface area contributed by atoms with E-state index in [1.54, 1.807) is 6.07 Å². The standard InChI is InChI=1S/C26H25F3/c1-2-3-4-5-6-17-7-10-20-18(15-17)8-11-23-22(20)13-12-21(26(23)29)19-9-14-24(27)25(28)16-19/h7,9-10,12-16H,2-6,8,11H2,1H3. The van der Waals surface area contributed by atoms with Crippen molar-refractivity contribution in [1.29, 1.82) is 0 Å². The zero-order chi connectivity index (χ0) is 20.4. The minimum absolute atomic E-state index is 0.318. The predicted octanol–water partition coefficient (Wildman–Crippen LogP) is 7.66. The minimum atomic E-state index is -0.962. The largest absolute Gasteiger partial charge is 0.206 e. The van der Waals surface area contributed by atoms with E-state index in [4.69, 9.17) is 0 Å². The summed E-state index contributed by atoms with van der Waals surface area (Å²) in [5.74, 6) is -2.22. The third-order valence-corrected chi connectivity index (χ3v) is 5.90. The maximum Gasteiger partial charge on any atom is 0.159 e. The van der Waals surface area contributed by atoms with E-state index in [1.807, 2.05) is 6.07 Å². The molecule has 0 aromatic heterocycles. The fourth-order valence-electron chi connectivity index (χ4n) is 4.29. The SMILES string of the molecule is CCCCCCc1ccc2c(c1)CCc1c-2ccc(-c2ccc(F)c(F)c2)c1F. The summed E-state index contributed by atoms with van der Waals surface area (Å²) in [7, 11) is 0. The van der Waals surface area contributed by atoms with Gasteiger partial charge in [0.1, 0.15) is 5.82 Å². The molecular formula is C26H25F3. The summed E-state index contributed by atoms with van der Waals surface area (Å²) in [4.78, 5) is 0. The van der Waals surface area contributed by atoms with Crippen molar-refractivity contribution in [1.82, 2.24) is 0 Å². The van der Waals surface area contributed by atoms with Crippen LogP contribution in [0.4, 0.5) is 13.2 Å². The molecule has 0 N–H and O–H groups in total. The highest BCUT2D eigenvalue weighted by molar-refractivity contribution is 5.78. The smallest absolute Gasteiger partial charge is 0.159 e. The zero-order valence-electron chi connectivity index (χ0n) is 16.7. The van der Waals surface area contributed by atoms with E-state index in [1.165, 1.54) is 42.9 Å². The van der Waals surface area contributed by atoms with Gasteiger partial charge in [0.25, 0.3) is 0 Å². The molecule has 4 rings (SSSR count). The van der Waals surface area contributed by atoms with Crippen LogP contribution in [0.3, 0.4) is 0 Å². The van der Waals surface area contributed by atoms with Crippen molar-refractivity contribution < 1.29 is 13.2 Å². The van der Waals surface area contributed by atoms with Crippen LogP contribution >= 0.6 is 0 Å². The Hall–Kier alpha value is -2.55. The lowest BCUT2D eigenvalue weighted by Crippen LogP contribution is -2.08. The molecule has 0 aliphatic heterocycles. The molecule has 0 atom stereocenters. The number of hydrogen-bond donors (Lipinski definition) is 0. The number of halogens is 3. The Labute approximate surface area is 170 Å². The molecule has 29 heavy (non-hydrogen) atoms. The summed E-state index contributed by atoms with van der Waals surface area (Å²) in [6.45, 7) is 2.22. The normalized spacial score (nSPS) is 12.6. The quantitative estimate of drug-likeness (QED) is 0.377. The molecule has 0 spiro atoms. The van der Waals surface area contributed by atoms with Gasteiger partial charge in [-0.15, -0.1) is 0 Å². The summed E-state index contributed by atoms with van der Waals surface area (Å²) >= 11 is 0. The molecule has 1 aliphatic rings. The summed E-state index contributed by atoms with van der Waals surface area (Å²) < 4.78 is 42.1. The van der Waals surface area contributed by atoms with Gasteiger partial charge in [0.05, 0.1) is 0 Å². The lowest BCUT2D eigenvalue weighted by molar-refractivity contribution is 0.509. The van der Waals surface area contributed by atoms with Gasteiger partial charge in [-0.3, -0.25) is 0 Å². The van der Waals surface area contributed by atoms with Gasteiger partial charge in [0.15, 0.2) is 11.6 Å². The van der Waals surface area contributed by atoms with Crippen LogP contribution in [0.25, 0.3) is 22.3 Å². The van der Waals surface area contributed by atoms with Crippen LogP contribution in [0.2, 0.25) is 0 Å². The highest BCUT2D eigenvalue weighted by Gasteiger charge is 2.22. The molecule has 0 saturated heterocycles. The van der Waals surface area contributed by atoms with Crippen molar-refractivity contribution in [2.75, 3.05) is 0 Å². The molecule has 3 heteroatoms. The number of benzene rings is 3. The first-order valence-electron chi connectivity index (χ1n) is 10.5. The van der Waals surface area contributed by atoms with Gasteiger partial charge in [-0.05, 0) is 71.2 Å². The Bertz CT molecular complexity index is 1040. The average Bonchev–Trinajstić information content (AvgIpc) is 2.73. The van der Waals surface area contributed by atoms with Crippen molar-refractivity contribution in [3.63, 3.8) is 0 Å². The van der Waals surface area contributed by atoms with E-state index in [2.05, 4.69) is 25.1 Å². The fourth-order valence-corrected chi connectivity index (χ4v) is 4.29.